The van der Waals surface area contributed by atoms with Crippen LogP contribution in [-0.4, -0.2) is 50.7 Å². The molecular formula is C34H42ClN3O6. The molecule has 0 fully saturated rings. The lowest BCUT2D eigenvalue weighted by atomic mass is 9.96. The van der Waals surface area contributed by atoms with Crippen molar-refractivity contribution in [3.63, 3.8) is 0 Å². The number of rotatable bonds is 10. The Balaban J connectivity index is 2.15. The molecule has 0 aliphatic rings. The zero-order valence-electron chi connectivity index (χ0n) is 26.3. The second-order valence-corrected chi connectivity index (χ2v) is 12.3. The molecule has 3 atom stereocenters. The molecule has 3 aromatic carbocycles. The summed E-state index contributed by atoms with van der Waals surface area (Å²) < 4.78 is 5.49. The van der Waals surface area contributed by atoms with E-state index in [-0.39, 0.29) is 17.9 Å². The number of phenolic OH excluding ortho intramolecular Hbond substituents is 2. The number of nitrogens with zero attached hydrogens (tertiary/aromatic N) is 1. The molecule has 0 heterocycles. The molecule has 0 aliphatic carbocycles. The van der Waals surface area contributed by atoms with Crippen molar-refractivity contribution in [2.75, 3.05) is 5.32 Å². The Morgan fingerprint density at radius 3 is 2.20 bits per heavy atom. The first-order chi connectivity index (χ1) is 20.6. The van der Waals surface area contributed by atoms with Crippen LogP contribution < -0.4 is 10.6 Å². The number of nitrogens with one attached hydrogen (secondary N) is 2. The second kappa shape index (κ2) is 14.5. The van der Waals surface area contributed by atoms with E-state index in [1.165, 1.54) is 23.1 Å². The Kier molecular flexibility index (Phi) is 11.3. The molecule has 0 saturated carbocycles. The molecular weight excluding hydrogens is 582 g/mol. The standard InChI is InChI=1S/C34H42ClN3O6/c1-8-22(4)38(32(42)27(36-33(43)44-34(5,6)7)19-23-12-15-25(39)16-13-23)30(24-14-17-28(40)21(3)18-24)31(41)37-29-20(2)10-9-11-26(29)35/h9-18,22,27,30,39-40H,8,19H2,1-7H3,(H,36,43)(H,37,41). The number of hydrogen-bond donors (Lipinski definition) is 4. The van der Waals surface area contributed by atoms with Gasteiger partial charge in [0, 0.05) is 12.5 Å². The van der Waals surface area contributed by atoms with Gasteiger partial charge in [-0.15, -0.1) is 0 Å². The largest absolute Gasteiger partial charge is 0.508 e. The number of anilines is 1. The van der Waals surface area contributed by atoms with Gasteiger partial charge in [-0.1, -0.05) is 48.9 Å². The Morgan fingerprint density at radius 1 is 0.977 bits per heavy atom. The fourth-order valence-corrected chi connectivity index (χ4v) is 5.03. The second-order valence-electron chi connectivity index (χ2n) is 11.9. The highest BCUT2D eigenvalue weighted by molar-refractivity contribution is 6.34. The van der Waals surface area contributed by atoms with Gasteiger partial charge in [-0.25, -0.2) is 4.79 Å². The van der Waals surface area contributed by atoms with Crippen molar-refractivity contribution in [2.45, 2.75) is 85.0 Å². The third-order valence-electron chi connectivity index (χ3n) is 7.22. The number of aryl methyl sites for hydroxylation is 2. The zero-order valence-corrected chi connectivity index (χ0v) is 27.0. The minimum atomic E-state index is -1.16. The maximum absolute atomic E-state index is 14.6. The molecule has 3 amide bonds. The topological polar surface area (TPSA) is 128 Å². The van der Waals surface area contributed by atoms with E-state index in [0.29, 0.717) is 33.8 Å². The van der Waals surface area contributed by atoms with E-state index < -0.39 is 41.6 Å². The van der Waals surface area contributed by atoms with Crippen LogP contribution in [0.5, 0.6) is 11.5 Å². The van der Waals surface area contributed by atoms with Crippen molar-refractivity contribution in [1.82, 2.24) is 10.2 Å². The summed E-state index contributed by atoms with van der Waals surface area (Å²) in [6, 6.07) is 13.6. The van der Waals surface area contributed by atoms with Crippen molar-refractivity contribution < 1.29 is 29.3 Å². The van der Waals surface area contributed by atoms with Gasteiger partial charge in [-0.3, -0.25) is 9.59 Å². The summed E-state index contributed by atoms with van der Waals surface area (Å²) in [4.78, 5) is 43.3. The van der Waals surface area contributed by atoms with Crippen molar-refractivity contribution in [1.29, 1.82) is 0 Å². The van der Waals surface area contributed by atoms with Gasteiger partial charge in [0.25, 0.3) is 5.91 Å². The molecule has 0 bridgehead atoms. The van der Waals surface area contributed by atoms with E-state index in [2.05, 4.69) is 10.6 Å². The summed E-state index contributed by atoms with van der Waals surface area (Å²) in [5, 5.41) is 26.0. The van der Waals surface area contributed by atoms with Gasteiger partial charge < -0.3 is 30.5 Å². The average Bonchev–Trinajstić information content (AvgIpc) is 2.94. The lowest BCUT2D eigenvalue weighted by Crippen LogP contribution is -2.55. The highest BCUT2D eigenvalue weighted by Crippen LogP contribution is 2.33. The molecule has 9 nitrogen and oxygen atoms in total. The number of carbonyl (C=O) groups excluding carboxylic acids is 3. The maximum atomic E-state index is 14.6. The molecule has 10 heteroatoms. The van der Waals surface area contributed by atoms with Crippen LogP contribution in [-0.2, 0) is 20.7 Å². The van der Waals surface area contributed by atoms with Crippen LogP contribution in [0.1, 0.15) is 69.3 Å². The summed E-state index contributed by atoms with van der Waals surface area (Å²) >= 11 is 6.46. The van der Waals surface area contributed by atoms with E-state index in [1.54, 1.807) is 64.1 Å². The van der Waals surface area contributed by atoms with Crippen LogP contribution in [0.4, 0.5) is 10.5 Å². The quantitative estimate of drug-likeness (QED) is 0.196. The van der Waals surface area contributed by atoms with Gasteiger partial charge in [0.15, 0.2) is 0 Å². The molecule has 0 radical (unpaired) electrons. The average molecular weight is 624 g/mol. The van der Waals surface area contributed by atoms with Gasteiger partial charge in [0.05, 0.1) is 10.7 Å². The lowest BCUT2D eigenvalue weighted by Gasteiger charge is -2.38. The number of carbonyl (C=O) groups is 3. The van der Waals surface area contributed by atoms with Gasteiger partial charge in [-0.05, 0) is 101 Å². The number of aromatic hydroxyl groups is 2. The van der Waals surface area contributed by atoms with Crippen molar-refractivity contribution in [2.24, 2.45) is 0 Å². The molecule has 0 aromatic heterocycles. The maximum Gasteiger partial charge on any atom is 0.408 e. The third-order valence-corrected chi connectivity index (χ3v) is 7.53. The van der Waals surface area contributed by atoms with Crippen LogP contribution in [0.2, 0.25) is 5.02 Å². The molecule has 44 heavy (non-hydrogen) atoms. The number of ether oxygens (including phenoxy) is 1. The van der Waals surface area contributed by atoms with Crippen LogP contribution in [0.15, 0.2) is 60.7 Å². The predicted octanol–water partition coefficient (Wildman–Crippen LogP) is 6.81. The molecule has 4 N–H and O–H groups in total. The number of phenols is 2. The number of halogens is 1. The highest BCUT2D eigenvalue weighted by Gasteiger charge is 2.39. The molecule has 0 aliphatic heterocycles. The smallest absolute Gasteiger partial charge is 0.408 e. The predicted molar refractivity (Wildman–Crippen MR) is 172 cm³/mol. The van der Waals surface area contributed by atoms with Gasteiger partial charge in [0.2, 0.25) is 5.91 Å². The van der Waals surface area contributed by atoms with E-state index >= 15 is 0 Å². The Morgan fingerprint density at radius 2 is 1.64 bits per heavy atom. The summed E-state index contributed by atoms with van der Waals surface area (Å²) in [6.07, 6.45) is -0.222. The summed E-state index contributed by atoms with van der Waals surface area (Å²) in [6.45, 7) is 12.4. The minimum absolute atomic E-state index is 0.0491. The summed E-state index contributed by atoms with van der Waals surface area (Å²) in [7, 11) is 0. The molecule has 0 spiro atoms. The first-order valence-electron chi connectivity index (χ1n) is 14.6. The first kappa shape index (κ1) is 34.3. The van der Waals surface area contributed by atoms with Crippen LogP contribution in [0.25, 0.3) is 0 Å². The Hall–Kier alpha value is -4.24. The van der Waals surface area contributed by atoms with Crippen molar-refractivity contribution in [3.8, 4) is 11.5 Å². The minimum Gasteiger partial charge on any atom is -0.508 e. The fraction of sp³-hybridized carbons (Fsp3) is 0.382. The molecule has 236 valence electrons. The SMILES string of the molecule is CCC(C)N(C(=O)C(Cc1ccc(O)cc1)NC(=O)OC(C)(C)C)C(C(=O)Nc1c(C)cccc1Cl)c1ccc(O)c(C)c1. The Labute approximate surface area is 264 Å². The number of amides is 3. The van der Waals surface area contributed by atoms with E-state index in [1.807, 2.05) is 26.8 Å². The van der Waals surface area contributed by atoms with Gasteiger partial charge in [-0.2, -0.15) is 0 Å². The van der Waals surface area contributed by atoms with Crippen LogP contribution in [0.3, 0.4) is 0 Å². The number of alkyl carbamates (subject to hydrolysis) is 1. The van der Waals surface area contributed by atoms with Crippen molar-refractivity contribution >= 4 is 35.2 Å². The number of benzene rings is 3. The summed E-state index contributed by atoms with van der Waals surface area (Å²) in [5.41, 5.74) is 2.02. The number of hydrogen-bond acceptors (Lipinski definition) is 6. The highest BCUT2D eigenvalue weighted by atomic mass is 35.5. The molecule has 3 rings (SSSR count). The summed E-state index contributed by atoms with van der Waals surface area (Å²) in [5.74, 6) is -0.916. The van der Waals surface area contributed by atoms with Crippen molar-refractivity contribution in [3.05, 3.63) is 87.9 Å². The normalized spacial score (nSPS) is 13.4. The molecule has 0 saturated heterocycles. The Bertz CT molecular complexity index is 1470. The monoisotopic (exact) mass is 623 g/mol. The van der Waals surface area contributed by atoms with E-state index in [4.69, 9.17) is 16.3 Å². The van der Waals surface area contributed by atoms with Gasteiger partial charge in [0.1, 0.15) is 29.2 Å². The van der Waals surface area contributed by atoms with Crippen LogP contribution >= 0.6 is 11.6 Å². The van der Waals surface area contributed by atoms with Crippen LogP contribution in [0, 0.1) is 13.8 Å². The fourth-order valence-electron chi connectivity index (χ4n) is 4.76. The van der Waals surface area contributed by atoms with Gasteiger partial charge >= 0.3 is 6.09 Å². The van der Waals surface area contributed by atoms with E-state index in [9.17, 15) is 24.6 Å². The zero-order chi connectivity index (χ0) is 32.8. The van der Waals surface area contributed by atoms with E-state index in [0.717, 1.165) is 5.56 Å². The number of para-hydroxylation sites is 1. The third kappa shape index (κ3) is 8.89. The molecule has 3 unspecified atom stereocenters. The lowest BCUT2D eigenvalue weighted by molar-refractivity contribution is -0.143. The molecule has 3 aromatic rings. The first-order valence-corrected chi connectivity index (χ1v) is 14.9.